The first-order chi connectivity index (χ1) is 9.72. The fraction of sp³-hybridized carbons (Fsp3) is 0.100. The Bertz CT molecular complexity index is 721. The lowest BCUT2D eigenvalue weighted by molar-refractivity contribution is 1.46. The molecule has 0 unspecified atom stereocenters. The summed E-state index contributed by atoms with van der Waals surface area (Å²) in [5.41, 5.74) is 7.67. The van der Waals surface area contributed by atoms with E-state index in [1.165, 1.54) is 33.4 Å². The first-order valence-corrected chi connectivity index (χ1v) is 6.96. The van der Waals surface area contributed by atoms with Gasteiger partial charge in [0, 0.05) is 0 Å². The van der Waals surface area contributed by atoms with Crippen LogP contribution in [0.5, 0.6) is 0 Å². The number of aryl methyl sites for hydroxylation is 2. The molecular weight excluding hydrogens is 240 g/mol. The van der Waals surface area contributed by atoms with Crippen LogP contribution in [0.3, 0.4) is 0 Å². The van der Waals surface area contributed by atoms with Crippen molar-refractivity contribution >= 4 is 0 Å². The van der Waals surface area contributed by atoms with Crippen molar-refractivity contribution in [3.8, 4) is 22.3 Å². The smallest absolute Gasteiger partial charge is 0.0178 e. The lowest BCUT2D eigenvalue weighted by Crippen LogP contribution is -1.82. The Balaban J connectivity index is 2.03. The molecule has 0 saturated carbocycles. The number of benzene rings is 3. The number of hydrogen-bond donors (Lipinski definition) is 0. The van der Waals surface area contributed by atoms with Crippen LogP contribution in [0.2, 0.25) is 0 Å². The highest BCUT2D eigenvalue weighted by Crippen LogP contribution is 2.27. The van der Waals surface area contributed by atoms with Gasteiger partial charge in [-0.25, -0.2) is 0 Å². The molecule has 0 heteroatoms. The minimum Gasteiger partial charge on any atom is -0.0614 e. The van der Waals surface area contributed by atoms with Gasteiger partial charge in [0.05, 0.1) is 0 Å². The van der Waals surface area contributed by atoms with Crippen LogP contribution >= 0.6 is 0 Å². The van der Waals surface area contributed by atoms with Gasteiger partial charge in [-0.1, -0.05) is 77.9 Å². The Morgan fingerprint density at radius 1 is 0.450 bits per heavy atom. The van der Waals surface area contributed by atoms with E-state index in [4.69, 9.17) is 0 Å². The predicted molar refractivity (Wildman–Crippen MR) is 86.8 cm³/mol. The van der Waals surface area contributed by atoms with Gasteiger partial charge in [0.2, 0.25) is 0 Å². The van der Waals surface area contributed by atoms with Crippen LogP contribution < -0.4 is 0 Å². The molecule has 0 atom stereocenters. The second kappa shape index (κ2) is 5.34. The molecule has 98 valence electrons. The van der Waals surface area contributed by atoms with E-state index >= 15 is 0 Å². The predicted octanol–water partition coefficient (Wildman–Crippen LogP) is 5.64. The Hall–Kier alpha value is -2.34. The summed E-state index contributed by atoms with van der Waals surface area (Å²) in [6, 6.07) is 26.1. The van der Waals surface area contributed by atoms with E-state index < -0.39 is 0 Å². The second-order valence-corrected chi connectivity index (χ2v) is 5.32. The number of hydrogen-bond acceptors (Lipinski definition) is 0. The summed E-state index contributed by atoms with van der Waals surface area (Å²) in [6.45, 7) is 4.25. The Kier molecular flexibility index (Phi) is 3.39. The first kappa shape index (κ1) is 12.7. The fourth-order valence-corrected chi connectivity index (χ4v) is 2.45. The summed E-state index contributed by atoms with van der Waals surface area (Å²) >= 11 is 0. The highest BCUT2D eigenvalue weighted by atomic mass is 14.1. The van der Waals surface area contributed by atoms with E-state index in [9.17, 15) is 0 Å². The highest BCUT2D eigenvalue weighted by Gasteiger charge is 2.01. The van der Waals surface area contributed by atoms with Gasteiger partial charge >= 0.3 is 0 Å². The summed E-state index contributed by atoms with van der Waals surface area (Å²) in [6.07, 6.45) is 0. The van der Waals surface area contributed by atoms with E-state index in [0.29, 0.717) is 0 Å². The standard InChI is InChI=1S/C20H18/c1-15-9-11-17(12-10-15)19-7-4-8-20(14-19)18-6-3-5-16(2)13-18/h3-14H,1-2H3. The van der Waals surface area contributed by atoms with Crippen molar-refractivity contribution in [1.29, 1.82) is 0 Å². The third-order valence-corrected chi connectivity index (χ3v) is 3.60. The molecule has 0 saturated heterocycles. The molecule has 3 aromatic carbocycles. The molecule has 20 heavy (non-hydrogen) atoms. The lowest BCUT2D eigenvalue weighted by atomic mass is 9.98. The summed E-state index contributed by atoms with van der Waals surface area (Å²) in [5.74, 6) is 0. The average Bonchev–Trinajstić information content (AvgIpc) is 2.48. The molecule has 0 fully saturated rings. The number of rotatable bonds is 2. The molecule has 0 bridgehead atoms. The van der Waals surface area contributed by atoms with Gasteiger partial charge in [-0.05, 0) is 42.2 Å². The van der Waals surface area contributed by atoms with E-state index in [1.54, 1.807) is 0 Å². The molecule has 3 rings (SSSR count). The molecule has 0 spiro atoms. The van der Waals surface area contributed by atoms with Gasteiger partial charge in [-0.15, -0.1) is 0 Å². The van der Waals surface area contributed by atoms with Crippen molar-refractivity contribution in [2.24, 2.45) is 0 Å². The fourth-order valence-electron chi connectivity index (χ4n) is 2.45. The largest absolute Gasteiger partial charge is 0.0614 e. The maximum absolute atomic E-state index is 2.26. The molecule has 0 N–H and O–H groups in total. The van der Waals surface area contributed by atoms with Crippen LogP contribution in [0.4, 0.5) is 0 Å². The molecule has 0 heterocycles. The van der Waals surface area contributed by atoms with Crippen molar-refractivity contribution in [3.05, 3.63) is 83.9 Å². The van der Waals surface area contributed by atoms with Crippen LogP contribution in [0.15, 0.2) is 72.8 Å². The van der Waals surface area contributed by atoms with Crippen molar-refractivity contribution in [2.45, 2.75) is 13.8 Å². The maximum Gasteiger partial charge on any atom is -0.0178 e. The van der Waals surface area contributed by atoms with Crippen LogP contribution in [0.1, 0.15) is 11.1 Å². The lowest BCUT2D eigenvalue weighted by Gasteiger charge is -2.07. The summed E-state index contributed by atoms with van der Waals surface area (Å²) in [7, 11) is 0. The molecule has 0 radical (unpaired) electrons. The highest BCUT2D eigenvalue weighted by molar-refractivity contribution is 5.73. The van der Waals surface area contributed by atoms with Gasteiger partial charge in [0.25, 0.3) is 0 Å². The third kappa shape index (κ3) is 2.65. The molecule has 0 aliphatic carbocycles. The first-order valence-electron chi connectivity index (χ1n) is 6.96. The molecule has 0 aromatic heterocycles. The second-order valence-electron chi connectivity index (χ2n) is 5.32. The molecule has 3 aromatic rings. The van der Waals surface area contributed by atoms with Gasteiger partial charge in [-0.3, -0.25) is 0 Å². The minimum atomic E-state index is 1.27. The molecule has 0 nitrogen and oxygen atoms in total. The molecular formula is C20H18. The van der Waals surface area contributed by atoms with E-state index in [-0.39, 0.29) is 0 Å². The SMILES string of the molecule is Cc1ccc(-c2cccc(-c3cccc(C)c3)c2)cc1. The molecule has 0 aliphatic rings. The summed E-state index contributed by atoms with van der Waals surface area (Å²) < 4.78 is 0. The van der Waals surface area contributed by atoms with E-state index in [0.717, 1.165) is 0 Å². The van der Waals surface area contributed by atoms with Crippen LogP contribution in [0.25, 0.3) is 22.3 Å². The summed E-state index contributed by atoms with van der Waals surface area (Å²) in [5, 5.41) is 0. The van der Waals surface area contributed by atoms with Crippen LogP contribution in [-0.2, 0) is 0 Å². The topological polar surface area (TPSA) is 0 Å². The minimum absolute atomic E-state index is 1.27. The molecule has 0 aliphatic heterocycles. The van der Waals surface area contributed by atoms with Crippen molar-refractivity contribution in [2.75, 3.05) is 0 Å². The zero-order valence-corrected chi connectivity index (χ0v) is 11.9. The molecule has 0 amide bonds. The zero-order valence-electron chi connectivity index (χ0n) is 11.9. The average molecular weight is 258 g/mol. The Morgan fingerprint density at radius 3 is 1.65 bits per heavy atom. The maximum atomic E-state index is 2.26. The summed E-state index contributed by atoms with van der Waals surface area (Å²) in [4.78, 5) is 0. The monoisotopic (exact) mass is 258 g/mol. The normalized spacial score (nSPS) is 10.5. The zero-order chi connectivity index (χ0) is 13.9. The Morgan fingerprint density at radius 2 is 1.00 bits per heavy atom. The van der Waals surface area contributed by atoms with Gasteiger partial charge in [-0.2, -0.15) is 0 Å². The van der Waals surface area contributed by atoms with Gasteiger partial charge in [0.1, 0.15) is 0 Å². The van der Waals surface area contributed by atoms with Gasteiger partial charge < -0.3 is 0 Å². The van der Waals surface area contributed by atoms with E-state index in [2.05, 4.69) is 86.6 Å². The van der Waals surface area contributed by atoms with E-state index in [1.807, 2.05) is 0 Å². The van der Waals surface area contributed by atoms with Crippen molar-refractivity contribution < 1.29 is 0 Å². The van der Waals surface area contributed by atoms with Crippen molar-refractivity contribution in [3.63, 3.8) is 0 Å². The van der Waals surface area contributed by atoms with Crippen LogP contribution in [0, 0.1) is 13.8 Å². The van der Waals surface area contributed by atoms with Crippen LogP contribution in [-0.4, -0.2) is 0 Å². The Labute approximate surface area is 120 Å². The third-order valence-electron chi connectivity index (χ3n) is 3.60. The quantitative estimate of drug-likeness (QED) is 0.558. The van der Waals surface area contributed by atoms with Gasteiger partial charge in [0.15, 0.2) is 0 Å². The van der Waals surface area contributed by atoms with Crippen molar-refractivity contribution in [1.82, 2.24) is 0 Å².